The maximum Gasteiger partial charge on any atom is 0.307 e. The highest BCUT2D eigenvalue weighted by atomic mass is 32.2. The minimum Gasteiger partial charge on any atom is -0.481 e. The van der Waals surface area contributed by atoms with Gasteiger partial charge < -0.3 is 5.11 Å². The average molecular weight is 299 g/mol. The Kier molecular flexibility index (Phi) is 5.71. The molecule has 0 aromatic heterocycles. The van der Waals surface area contributed by atoms with E-state index in [1.54, 1.807) is 12.1 Å². The van der Waals surface area contributed by atoms with Gasteiger partial charge in [-0.15, -0.1) is 0 Å². The first kappa shape index (κ1) is 16.7. The SMILES string of the molecule is CCCN(C(C)C)S(=O)(=O)c1ccc(CC(=O)O)cc1. The molecule has 0 fully saturated rings. The molecular formula is C14H21NO4S. The van der Waals surface area contributed by atoms with Gasteiger partial charge >= 0.3 is 5.97 Å². The lowest BCUT2D eigenvalue weighted by molar-refractivity contribution is -0.136. The Morgan fingerprint density at radius 1 is 1.25 bits per heavy atom. The largest absolute Gasteiger partial charge is 0.481 e. The Bertz CT molecular complexity index is 549. The van der Waals surface area contributed by atoms with Crippen molar-refractivity contribution in [2.75, 3.05) is 6.54 Å². The summed E-state index contributed by atoms with van der Waals surface area (Å²) in [5.41, 5.74) is 0.586. The summed E-state index contributed by atoms with van der Waals surface area (Å²) in [6, 6.07) is 5.92. The third-order valence-electron chi connectivity index (χ3n) is 2.91. The molecule has 0 atom stereocenters. The zero-order chi connectivity index (χ0) is 15.3. The maximum atomic E-state index is 12.5. The normalized spacial score (nSPS) is 12.1. The summed E-state index contributed by atoms with van der Waals surface area (Å²) >= 11 is 0. The number of sulfonamides is 1. The molecule has 20 heavy (non-hydrogen) atoms. The highest BCUT2D eigenvalue weighted by Crippen LogP contribution is 2.19. The minimum atomic E-state index is -3.52. The summed E-state index contributed by atoms with van der Waals surface area (Å²) < 4.78 is 26.5. The lowest BCUT2D eigenvalue weighted by atomic mass is 10.2. The van der Waals surface area contributed by atoms with Gasteiger partial charge in [0.1, 0.15) is 0 Å². The Balaban J connectivity index is 3.05. The van der Waals surface area contributed by atoms with E-state index >= 15 is 0 Å². The van der Waals surface area contributed by atoms with Gasteiger partial charge in [-0.05, 0) is 38.0 Å². The van der Waals surface area contributed by atoms with E-state index in [4.69, 9.17) is 5.11 Å². The number of carboxylic acid groups (broad SMARTS) is 1. The van der Waals surface area contributed by atoms with Crippen molar-refractivity contribution in [1.82, 2.24) is 4.31 Å². The number of carboxylic acids is 1. The summed E-state index contributed by atoms with van der Waals surface area (Å²) in [7, 11) is -3.52. The third kappa shape index (κ3) is 4.05. The fourth-order valence-electron chi connectivity index (χ4n) is 1.97. The van der Waals surface area contributed by atoms with Crippen LogP contribution in [0, 0.1) is 0 Å². The number of hydrogen-bond donors (Lipinski definition) is 1. The fourth-order valence-corrected chi connectivity index (χ4v) is 3.69. The lowest BCUT2D eigenvalue weighted by Crippen LogP contribution is -2.37. The molecule has 0 amide bonds. The highest BCUT2D eigenvalue weighted by molar-refractivity contribution is 7.89. The van der Waals surface area contributed by atoms with Crippen molar-refractivity contribution >= 4 is 16.0 Å². The van der Waals surface area contributed by atoms with Crippen molar-refractivity contribution in [3.8, 4) is 0 Å². The quantitative estimate of drug-likeness (QED) is 0.837. The standard InChI is InChI=1S/C14H21NO4S/c1-4-9-15(11(2)3)20(18,19)13-7-5-12(6-8-13)10-14(16)17/h5-8,11H,4,9-10H2,1-3H3,(H,16,17). The average Bonchev–Trinajstić information content (AvgIpc) is 2.35. The van der Waals surface area contributed by atoms with E-state index in [9.17, 15) is 13.2 Å². The number of hydrogen-bond acceptors (Lipinski definition) is 3. The molecule has 1 rings (SSSR count). The van der Waals surface area contributed by atoms with Crippen LogP contribution in [0.4, 0.5) is 0 Å². The number of aliphatic carboxylic acids is 1. The van der Waals surface area contributed by atoms with Crippen molar-refractivity contribution in [1.29, 1.82) is 0 Å². The molecule has 0 saturated heterocycles. The Hall–Kier alpha value is -1.40. The van der Waals surface area contributed by atoms with Crippen LogP contribution < -0.4 is 0 Å². The molecule has 0 aliphatic heterocycles. The maximum absolute atomic E-state index is 12.5. The molecule has 1 aromatic carbocycles. The van der Waals surface area contributed by atoms with Gasteiger partial charge in [0.25, 0.3) is 0 Å². The molecule has 0 spiro atoms. The summed E-state index contributed by atoms with van der Waals surface area (Å²) in [6.45, 7) is 6.08. The van der Waals surface area contributed by atoms with E-state index in [0.717, 1.165) is 6.42 Å². The molecule has 0 aliphatic rings. The Morgan fingerprint density at radius 2 is 1.80 bits per heavy atom. The zero-order valence-corrected chi connectivity index (χ0v) is 12.9. The summed E-state index contributed by atoms with van der Waals surface area (Å²) in [6.07, 6.45) is 0.637. The number of benzene rings is 1. The molecular weight excluding hydrogens is 278 g/mol. The highest BCUT2D eigenvalue weighted by Gasteiger charge is 2.25. The topological polar surface area (TPSA) is 74.7 Å². The molecule has 112 valence electrons. The third-order valence-corrected chi connectivity index (χ3v) is 4.99. The number of carbonyl (C=O) groups is 1. The van der Waals surface area contributed by atoms with Crippen molar-refractivity contribution in [3.05, 3.63) is 29.8 Å². The van der Waals surface area contributed by atoms with Gasteiger partial charge in [-0.25, -0.2) is 8.42 Å². The van der Waals surface area contributed by atoms with Crippen LogP contribution in [0.15, 0.2) is 29.2 Å². The smallest absolute Gasteiger partial charge is 0.307 e. The second-order valence-electron chi connectivity index (χ2n) is 4.92. The van der Waals surface area contributed by atoms with E-state index in [1.807, 2.05) is 20.8 Å². The van der Waals surface area contributed by atoms with Crippen LogP contribution in [0.2, 0.25) is 0 Å². The van der Waals surface area contributed by atoms with E-state index in [1.165, 1.54) is 16.4 Å². The molecule has 0 bridgehead atoms. The molecule has 6 heteroatoms. The first-order valence-corrected chi connectivity index (χ1v) is 8.05. The summed E-state index contributed by atoms with van der Waals surface area (Å²) in [5, 5.41) is 8.70. The fraction of sp³-hybridized carbons (Fsp3) is 0.500. The Labute approximate surface area is 120 Å². The van der Waals surface area contributed by atoms with Gasteiger partial charge in [-0.1, -0.05) is 19.1 Å². The molecule has 0 heterocycles. The Morgan fingerprint density at radius 3 is 2.20 bits per heavy atom. The van der Waals surface area contributed by atoms with E-state index in [0.29, 0.717) is 12.1 Å². The van der Waals surface area contributed by atoms with Gasteiger partial charge in [0.05, 0.1) is 11.3 Å². The van der Waals surface area contributed by atoms with Crippen LogP contribution in [0.3, 0.4) is 0 Å². The summed E-state index contributed by atoms with van der Waals surface area (Å²) in [5.74, 6) is -0.935. The molecule has 1 aromatic rings. The van der Waals surface area contributed by atoms with Crippen molar-refractivity contribution in [3.63, 3.8) is 0 Å². The molecule has 5 nitrogen and oxygen atoms in total. The minimum absolute atomic E-state index is 0.108. The zero-order valence-electron chi connectivity index (χ0n) is 12.0. The molecule has 0 aliphatic carbocycles. The van der Waals surface area contributed by atoms with Crippen LogP contribution in [0.1, 0.15) is 32.8 Å². The van der Waals surface area contributed by atoms with Crippen LogP contribution in [-0.2, 0) is 21.2 Å². The van der Waals surface area contributed by atoms with Crippen molar-refractivity contribution in [2.45, 2.75) is 44.6 Å². The lowest BCUT2D eigenvalue weighted by Gasteiger charge is -2.25. The molecule has 0 unspecified atom stereocenters. The molecule has 0 radical (unpaired) electrons. The predicted octanol–water partition coefficient (Wildman–Crippen LogP) is 2.12. The first-order valence-electron chi connectivity index (χ1n) is 6.61. The van der Waals surface area contributed by atoms with E-state index in [2.05, 4.69) is 0 Å². The van der Waals surface area contributed by atoms with E-state index in [-0.39, 0.29) is 17.4 Å². The number of rotatable bonds is 7. The molecule has 1 N–H and O–H groups in total. The molecule has 0 saturated carbocycles. The van der Waals surface area contributed by atoms with Crippen molar-refractivity contribution < 1.29 is 18.3 Å². The second-order valence-corrected chi connectivity index (χ2v) is 6.81. The van der Waals surface area contributed by atoms with Crippen LogP contribution in [-0.4, -0.2) is 36.4 Å². The van der Waals surface area contributed by atoms with Gasteiger partial charge in [0, 0.05) is 12.6 Å². The van der Waals surface area contributed by atoms with Gasteiger partial charge in [-0.3, -0.25) is 4.79 Å². The van der Waals surface area contributed by atoms with Gasteiger partial charge in [-0.2, -0.15) is 4.31 Å². The van der Waals surface area contributed by atoms with E-state index < -0.39 is 16.0 Å². The predicted molar refractivity (Wildman–Crippen MR) is 77.1 cm³/mol. The monoisotopic (exact) mass is 299 g/mol. The number of nitrogens with zero attached hydrogens (tertiary/aromatic N) is 1. The van der Waals surface area contributed by atoms with Gasteiger partial charge in [0.2, 0.25) is 10.0 Å². The van der Waals surface area contributed by atoms with Crippen LogP contribution >= 0.6 is 0 Å². The van der Waals surface area contributed by atoms with Crippen LogP contribution in [0.5, 0.6) is 0 Å². The summed E-state index contributed by atoms with van der Waals surface area (Å²) in [4.78, 5) is 10.8. The van der Waals surface area contributed by atoms with Gasteiger partial charge in [0.15, 0.2) is 0 Å². The van der Waals surface area contributed by atoms with Crippen LogP contribution in [0.25, 0.3) is 0 Å². The van der Waals surface area contributed by atoms with Crippen molar-refractivity contribution in [2.24, 2.45) is 0 Å². The second kappa shape index (κ2) is 6.85. The first-order chi connectivity index (χ1) is 9.28.